The van der Waals surface area contributed by atoms with E-state index in [2.05, 4.69) is 55.3 Å². The molecule has 156 valence electrons. The molecule has 1 fully saturated rings. The average Bonchev–Trinajstić information content (AvgIpc) is 2.59. The zero-order valence-electron chi connectivity index (χ0n) is 18.2. The van der Waals surface area contributed by atoms with Crippen molar-refractivity contribution in [2.24, 2.45) is 0 Å². The topological polar surface area (TPSA) is 61.9 Å². The summed E-state index contributed by atoms with van der Waals surface area (Å²) in [6.07, 6.45) is -0.193. The number of nitrogens with zero attached hydrogens (tertiary/aromatic N) is 2. The van der Waals surface area contributed by atoms with Crippen LogP contribution in [-0.4, -0.2) is 55.2 Å². The highest BCUT2D eigenvalue weighted by molar-refractivity contribution is 5.77. The number of ether oxygens (including phenoxy) is 1. The highest BCUT2D eigenvalue weighted by Crippen LogP contribution is 2.32. The Hall–Kier alpha value is -2.24. The standard InChI is InChI=1S/C22H35N3O3/c1-21(2,3)17-9-7-8-10-18(17)24-13-15-25(16-14-24)19(26)11-12-23-20(27)28-22(4,5)6/h7-10H,11-16H2,1-6H3,(H,23,27). The quantitative estimate of drug-likeness (QED) is 0.855. The monoisotopic (exact) mass is 389 g/mol. The molecule has 6 heteroatoms. The number of hydrogen-bond acceptors (Lipinski definition) is 4. The van der Waals surface area contributed by atoms with Crippen LogP contribution in [0.15, 0.2) is 24.3 Å². The number of alkyl carbamates (subject to hydrolysis) is 1. The van der Waals surface area contributed by atoms with Gasteiger partial charge in [0.25, 0.3) is 0 Å². The fourth-order valence-electron chi connectivity index (χ4n) is 3.32. The molecule has 0 radical (unpaired) electrons. The molecule has 2 rings (SSSR count). The molecule has 0 spiro atoms. The minimum absolute atomic E-state index is 0.0693. The van der Waals surface area contributed by atoms with Gasteiger partial charge < -0.3 is 19.9 Å². The molecule has 0 saturated carbocycles. The van der Waals surface area contributed by atoms with E-state index in [1.54, 1.807) is 0 Å². The predicted molar refractivity (Wildman–Crippen MR) is 113 cm³/mol. The second-order valence-electron chi connectivity index (χ2n) is 9.31. The van der Waals surface area contributed by atoms with Crippen molar-refractivity contribution in [1.82, 2.24) is 10.2 Å². The average molecular weight is 390 g/mol. The van der Waals surface area contributed by atoms with E-state index in [1.165, 1.54) is 11.3 Å². The molecule has 0 unspecified atom stereocenters. The molecule has 0 bridgehead atoms. The number of amides is 2. The number of carbonyl (C=O) groups is 2. The Morgan fingerprint density at radius 2 is 1.61 bits per heavy atom. The minimum atomic E-state index is -0.534. The first kappa shape index (κ1) is 22.1. The van der Waals surface area contributed by atoms with Crippen LogP contribution in [0.1, 0.15) is 53.5 Å². The summed E-state index contributed by atoms with van der Waals surface area (Å²) in [5.74, 6) is 0.0693. The van der Waals surface area contributed by atoms with E-state index in [4.69, 9.17) is 4.74 Å². The maximum Gasteiger partial charge on any atom is 0.407 e. The third-order valence-corrected chi connectivity index (χ3v) is 4.69. The Labute approximate surface area is 169 Å². The molecule has 1 aromatic rings. The Morgan fingerprint density at radius 3 is 2.18 bits per heavy atom. The summed E-state index contributed by atoms with van der Waals surface area (Å²) in [4.78, 5) is 28.4. The van der Waals surface area contributed by atoms with Crippen molar-refractivity contribution in [3.8, 4) is 0 Å². The zero-order valence-corrected chi connectivity index (χ0v) is 18.2. The van der Waals surface area contributed by atoms with Crippen molar-refractivity contribution in [2.75, 3.05) is 37.6 Å². The fourth-order valence-corrected chi connectivity index (χ4v) is 3.32. The first-order valence-corrected chi connectivity index (χ1v) is 10.1. The summed E-state index contributed by atoms with van der Waals surface area (Å²) in [6, 6.07) is 8.52. The van der Waals surface area contributed by atoms with E-state index < -0.39 is 11.7 Å². The minimum Gasteiger partial charge on any atom is -0.444 e. The number of benzene rings is 1. The van der Waals surface area contributed by atoms with Crippen molar-refractivity contribution in [2.45, 2.75) is 59.0 Å². The van der Waals surface area contributed by atoms with Crippen LogP contribution < -0.4 is 10.2 Å². The number of rotatable bonds is 4. The van der Waals surface area contributed by atoms with E-state index in [1.807, 2.05) is 25.7 Å². The molecule has 6 nitrogen and oxygen atoms in total. The van der Waals surface area contributed by atoms with Crippen molar-refractivity contribution < 1.29 is 14.3 Å². The lowest BCUT2D eigenvalue weighted by Gasteiger charge is -2.38. The number of anilines is 1. The van der Waals surface area contributed by atoms with Crippen LogP contribution >= 0.6 is 0 Å². The van der Waals surface area contributed by atoms with Crippen LogP contribution in [0.4, 0.5) is 10.5 Å². The van der Waals surface area contributed by atoms with Gasteiger partial charge in [-0.2, -0.15) is 0 Å². The SMILES string of the molecule is CC(C)(C)OC(=O)NCCC(=O)N1CCN(c2ccccc2C(C)(C)C)CC1. The van der Waals surface area contributed by atoms with Gasteiger partial charge in [0.1, 0.15) is 5.60 Å². The molecule has 1 saturated heterocycles. The van der Waals surface area contributed by atoms with Gasteiger partial charge in [-0.25, -0.2) is 4.79 Å². The third kappa shape index (κ3) is 6.43. The Bertz CT molecular complexity index is 681. The lowest BCUT2D eigenvalue weighted by molar-refractivity contribution is -0.131. The second-order valence-corrected chi connectivity index (χ2v) is 9.31. The van der Waals surface area contributed by atoms with Crippen LogP contribution in [0.2, 0.25) is 0 Å². The molecule has 2 amide bonds. The normalized spacial score (nSPS) is 15.4. The van der Waals surface area contributed by atoms with Crippen LogP contribution in [0.5, 0.6) is 0 Å². The van der Waals surface area contributed by atoms with Crippen molar-refractivity contribution >= 4 is 17.7 Å². The largest absolute Gasteiger partial charge is 0.444 e. The molecule has 0 aromatic heterocycles. The summed E-state index contributed by atoms with van der Waals surface area (Å²) in [6.45, 7) is 15.4. The zero-order chi connectivity index (χ0) is 20.9. The Kier molecular flexibility index (Phi) is 6.96. The lowest BCUT2D eigenvalue weighted by Crippen LogP contribution is -2.49. The van der Waals surface area contributed by atoms with Crippen LogP contribution in [0.25, 0.3) is 0 Å². The summed E-state index contributed by atoms with van der Waals surface area (Å²) in [5.41, 5.74) is 2.13. The number of nitrogens with one attached hydrogen (secondary N) is 1. The van der Waals surface area contributed by atoms with Crippen molar-refractivity contribution in [3.05, 3.63) is 29.8 Å². The summed E-state index contributed by atoms with van der Waals surface area (Å²) in [7, 11) is 0. The first-order chi connectivity index (χ1) is 13.0. The van der Waals surface area contributed by atoms with E-state index in [0.717, 1.165) is 13.1 Å². The van der Waals surface area contributed by atoms with Gasteiger partial charge in [-0.15, -0.1) is 0 Å². The van der Waals surface area contributed by atoms with Gasteiger partial charge in [-0.05, 0) is 37.8 Å². The van der Waals surface area contributed by atoms with E-state index >= 15 is 0 Å². The molecular formula is C22H35N3O3. The predicted octanol–water partition coefficient (Wildman–Crippen LogP) is 3.55. The molecule has 1 heterocycles. The number of hydrogen-bond donors (Lipinski definition) is 1. The molecule has 0 aliphatic carbocycles. The maximum atomic E-state index is 12.4. The Morgan fingerprint density at radius 1 is 1.00 bits per heavy atom. The molecule has 0 atom stereocenters. The smallest absolute Gasteiger partial charge is 0.407 e. The number of piperazine rings is 1. The second kappa shape index (κ2) is 8.84. The Balaban J connectivity index is 1.83. The summed E-state index contributed by atoms with van der Waals surface area (Å²) < 4.78 is 5.19. The van der Waals surface area contributed by atoms with Gasteiger partial charge in [0.15, 0.2) is 0 Å². The van der Waals surface area contributed by atoms with Crippen LogP contribution in [0.3, 0.4) is 0 Å². The number of carbonyl (C=O) groups excluding carboxylic acids is 2. The van der Waals surface area contributed by atoms with Crippen molar-refractivity contribution in [3.63, 3.8) is 0 Å². The molecule has 1 aliphatic heterocycles. The first-order valence-electron chi connectivity index (χ1n) is 10.1. The third-order valence-electron chi connectivity index (χ3n) is 4.69. The highest BCUT2D eigenvalue weighted by atomic mass is 16.6. The van der Waals surface area contributed by atoms with E-state index in [9.17, 15) is 9.59 Å². The van der Waals surface area contributed by atoms with Gasteiger partial charge >= 0.3 is 6.09 Å². The summed E-state index contributed by atoms with van der Waals surface area (Å²) in [5, 5.41) is 2.65. The molecule has 28 heavy (non-hydrogen) atoms. The van der Waals surface area contributed by atoms with Crippen LogP contribution in [0, 0.1) is 0 Å². The summed E-state index contributed by atoms with van der Waals surface area (Å²) >= 11 is 0. The van der Waals surface area contributed by atoms with Gasteiger partial charge in [0.2, 0.25) is 5.91 Å². The maximum absolute atomic E-state index is 12.4. The fraction of sp³-hybridized carbons (Fsp3) is 0.636. The molecule has 1 N–H and O–H groups in total. The molecule has 1 aromatic carbocycles. The van der Waals surface area contributed by atoms with Crippen LogP contribution in [-0.2, 0) is 14.9 Å². The van der Waals surface area contributed by atoms with E-state index in [-0.39, 0.29) is 17.7 Å². The van der Waals surface area contributed by atoms with Gasteiger partial charge in [0, 0.05) is 44.8 Å². The van der Waals surface area contributed by atoms with Gasteiger partial charge in [-0.3, -0.25) is 4.79 Å². The van der Waals surface area contributed by atoms with Gasteiger partial charge in [-0.1, -0.05) is 39.0 Å². The van der Waals surface area contributed by atoms with Crippen molar-refractivity contribution in [1.29, 1.82) is 0 Å². The number of para-hydroxylation sites is 1. The molecule has 1 aliphatic rings. The lowest BCUT2D eigenvalue weighted by atomic mass is 9.85. The van der Waals surface area contributed by atoms with Gasteiger partial charge in [0.05, 0.1) is 0 Å². The van der Waals surface area contributed by atoms with E-state index in [0.29, 0.717) is 19.6 Å². The molecular weight excluding hydrogens is 354 g/mol. The highest BCUT2D eigenvalue weighted by Gasteiger charge is 2.25.